The number of aliphatic hydroxyl groups is 1. The number of hydrogen-bond donors (Lipinski definition) is 2. The molecule has 1 atom stereocenters. The molecular formula is C7H15NO. The second kappa shape index (κ2) is 2.27. The second-order valence-corrected chi connectivity index (χ2v) is 2.86. The van der Waals surface area contributed by atoms with E-state index in [-0.39, 0.29) is 11.6 Å². The normalized spacial score (nSPS) is 25.7. The molecule has 2 nitrogen and oxygen atoms in total. The van der Waals surface area contributed by atoms with Gasteiger partial charge in [0.1, 0.15) is 0 Å². The minimum Gasteiger partial charge on any atom is -0.391 e. The van der Waals surface area contributed by atoms with Crippen molar-refractivity contribution >= 4 is 0 Å². The average Bonchev–Trinajstić information content (AvgIpc) is 2.49. The molecule has 0 aliphatic heterocycles. The van der Waals surface area contributed by atoms with E-state index < -0.39 is 0 Å². The highest BCUT2D eigenvalue weighted by Crippen LogP contribution is 2.38. The van der Waals surface area contributed by atoms with E-state index in [0.717, 1.165) is 19.4 Å². The maximum Gasteiger partial charge on any atom is 0.0693 e. The number of hydrogen-bond acceptors (Lipinski definition) is 2. The molecule has 1 unspecified atom stereocenters. The van der Waals surface area contributed by atoms with Gasteiger partial charge in [0.25, 0.3) is 0 Å². The standard InChI is InChI=1S/C7H15NO/c1-3-8-7(4-5-7)6(2)9/h6,8-9H,3-5H2,1-2H3. The molecule has 0 aromatic rings. The molecule has 0 spiro atoms. The van der Waals surface area contributed by atoms with Crippen LogP contribution in [0.25, 0.3) is 0 Å². The Kier molecular flexibility index (Phi) is 1.78. The molecule has 0 amide bonds. The maximum absolute atomic E-state index is 9.21. The van der Waals surface area contributed by atoms with Crippen LogP contribution in [0.5, 0.6) is 0 Å². The molecule has 1 saturated carbocycles. The van der Waals surface area contributed by atoms with E-state index >= 15 is 0 Å². The molecule has 0 aromatic carbocycles. The Balaban J connectivity index is 2.33. The summed E-state index contributed by atoms with van der Waals surface area (Å²) < 4.78 is 0. The van der Waals surface area contributed by atoms with Crippen molar-refractivity contribution in [3.05, 3.63) is 0 Å². The zero-order valence-corrected chi connectivity index (χ0v) is 6.15. The van der Waals surface area contributed by atoms with Crippen molar-refractivity contribution in [1.82, 2.24) is 5.32 Å². The van der Waals surface area contributed by atoms with Crippen LogP contribution in [-0.4, -0.2) is 23.3 Å². The highest BCUT2D eigenvalue weighted by atomic mass is 16.3. The fourth-order valence-corrected chi connectivity index (χ4v) is 1.23. The van der Waals surface area contributed by atoms with Gasteiger partial charge >= 0.3 is 0 Å². The lowest BCUT2D eigenvalue weighted by atomic mass is 10.1. The van der Waals surface area contributed by atoms with E-state index in [1.807, 2.05) is 6.92 Å². The van der Waals surface area contributed by atoms with Crippen molar-refractivity contribution in [2.75, 3.05) is 6.54 Å². The zero-order valence-electron chi connectivity index (χ0n) is 6.15. The summed E-state index contributed by atoms with van der Waals surface area (Å²) in [5.41, 5.74) is 0.106. The highest BCUT2D eigenvalue weighted by molar-refractivity contribution is 5.05. The Bertz CT molecular complexity index is 97.1. The lowest BCUT2D eigenvalue weighted by Crippen LogP contribution is -2.40. The second-order valence-electron chi connectivity index (χ2n) is 2.86. The van der Waals surface area contributed by atoms with Crippen molar-refractivity contribution in [2.24, 2.45) is 0 Å². The van der Waals surface area contributed by atoms with Crippen molar-refractivity contribution in [3.8, 4) is 0 Å². The Morgan fingerprint density at radius 2 is 2.22 bits per heavy atom. The minimum absolute atomic E-state index is 0.106. The highest BCUT2D eigenvalue weighted by Gasteiger charge is 2.45. The summed E-state index contributed by atoms with van der Waals surface area (Å²) in [6.07, 6.45) is 2.09. The molecule has 0 aromatic heterocycles. The van der Waals surface area contributed by atoms with Gasteiger partial charge in [-0.2, -0.15) is 0 Å². The Morgan fingerprint density at radius 3 is 2.33 bits per heavy atom. The molecule has 1 fully saturated rings. The Morgan fingerprint density at radius 1 is 1.67 bits per heavy atom. The SMILES string of the molecule is CCNC1(C(C)O)CC1. The minimum atomic E-state index is -0.183. The van der Waals surface area contributed by atoms with Crippen LogP contribution in [0, 0.1) is 0 Å². The average molecular weight is 129 g/mol. The van der Waals surface area contributed by atoms with Crippen LogP contribution in [0.15, 0.2) is 0 Å². The van der Waals surface area contributed by atoms with E-state index in [0.29, 0.717) is 0 Å². The van der Waals surface area contributed by atoms with Gasteiger partial charge in [0, 0.05) is 5.54 Å². The molecule has 1 aliphatic rings. The first-order valence-electron chi connectivity index (χ1n) is 3.64. The summed E-state index contributed by atoms with van der Waals surface area (Å²) in [7, 11) is 0. The lowest BCUT2D eigenvalue weighted by Gasteiger charge is -2.18. The Labute approximate surface area is 56.3 Å². The first kappa shape index (κ1) is 7.03. The van der Waals surface area contributed by atoms with Gasteiger partial charge in [-0.3, -0.25) is 0 Å². The van der Waals surface area contributed by atoms with Gasteiger partial charge in [-0.15, -0.1) is 0 Å². The van der Waals surface area contributed by atoms with Crippen molar-refractivity contribution < 1.29 is 5.11 Å². The van der Waals surface area contributed by atoms with Gasteiger partial charge in [-0.05, 0) is 26.3 Å². The molecule has 54 valence electrons. The first-order chi connectivity index (χ1) is 4.21. The molecule has 0 saturated heterocycles. The predicted molar refractivity (Wildman–Crippen MR) is 37.3 cm³/mol. The quantitative estimate of drug-likeness (QED) is 0.582. The maximum atomic E-state index is 9.21. The van der Waals surface area contributed by atoms with Crippen LogP contribution in [0.2, 0.25) is 0 Å². The third kappa shape index (κ3) is 1.25. The Hall–Kier alpha value is -0.0800. The number of aliphatic hydroxyl groups excluding tert-OH is 1. The van der Waals surface area contributed by atoms with Crippen molar-refractivity contribution in [3.63, 3.8) is 0 Å². The molecule has 9 heavy (non-hydrogen) atoms. The fourth-order valence-electron chi connectivity index (χ4n) is 1.23. The monoisotopic (exact) mass is 129 g/mol. The van der Waals surface area contributed by atoms with Crippen LogP contribution in [-0.2, 0) is 0 Å². The third-order valence-electron chi connectivity index (χ3n) is 2.12. The van der Waals surface area contributed by atoms with E-state index in [1.54, 1.807) is 0 Å². The first-order valence-corrected chi connectivity index (χ1v) is 3.64. The van der Waals surface area contributed by atoms with Gasteiger partial charge < -0.3 is 10.4 Å². The van der Waals surface area contributed by atoms with E-state index in [2.05, 4.69) is 12.2 Å². The molecule has 1 rings (SSSR count). The van der Waals surface area contributed by atoms with Crippen LogP contribution >= 0.6 is 0 Å². The van der Waals surface area contributed by atoms with E-state index in [1.165, 1.54) is 0 Å². The molecule has 0 bridgehead atoms. The van der Waals surface area contributed by atoms with Gasteiger partial charge in [0.2, 0.25) is 0 Å². The van der Waals surface area contributed by atoms with Gasteiger partial charge in [-0.25, -0.2) is 0 Å². The molecule has 1 aliphatic carbocycles. The molecular weight excluding hydrogens is 114 g/mol. The number of likely N-dealkylation sites (N-methyl/N-ethyl adjacent to an activating group) is 1. The van der Waals surface area contributed by atoms with Crippen LogP contribution in [0.3, 0.4) is 0 Å². The van der Waals surface area contributed by atoms with Crippen LogP contribution in [0.1, 0.15) is 26.7 Å². The third-order valence-corrected chi connectivity index (χ3v) is 2.12. The van der Waals surface area contributed by atoms with Crippen molar-refractivity contribution in [2.45, 2.75) is 38.3 Å². The zero-order chi connectivity index (χ0) is 6.91. The van der Waals surface area contributed by atoms with Gasteiger partial charge in [0.15, 0.2) is 0 Å². The number of nitrogens with one attached hydrogen (secondary N) is 1. The summed E-state index contributed by atoms with van der Waals surface area (Å²) in [5, 5.41) is 12.5. The van der Waals surface area contributed by atoms with Gasteiger partial charge in [0.05, 0.1) is 6.10 Å². The topological polar surface area (TPSA) is 32.3 Å². The van der Waals surface area contributed by atoms with Crippen LogP contribution in [0.4, 0.5) is 0 Å². The summed E-state index contributed by atoms with van der Waals surface area (Å²) in [6, 6.07) is 0. The largest absolute Gasteiger partial charge is 0.391 e. The summed E-state index contributed by atoms with van der Waals surface area (Å²) in [6.45, 7) is 4.89. The van der Waals surface area contributed by atoms with Gasteiger partial charge in [-0.1, -0.05) is 6.92 Å². The summed E-state index contributed by atoms with van der Waals surface area (Å²) in [5.74, 6) is 0. The van der Waals surface area contributed by atoms with Crippen LogP contribution < -0.4 is 5.32 Å². The molecule has 0 heterocycles. The molecule has 2 N–H and O–H groups in total. The molecule has 2 heteroatoms. The number of rotatable bonds is 3. The summed E-state index contributed by atoms with van der Waals surface area (Å²) in [4.78, 5) is 0. The van der Waals surface area contributed by atoms with E-state index in [4.69, 9.17) is 0 Å². The predicted octanol–water partition coefficient (Wildman–Crippen LogP) is 0.509. The lowest BCUT2D eigenvalue weighted by molar-refractivity contribution is 0.134. The van der Waals surface area contributed by atoms with E-state index in [9.17, 15) is 5.11 Å². The smallest absolute Gasteiger partial charge is 0.0693 e. The van der Waals surface area contributed by atoms with Crippen molar-refractivity contribution in [1.29, 1.82) is 0 Å². The summed E-state index contributed by atoms with van der Waals surface area (Å²) >= 11 is 0. The molecule has 0 radical (unpaired) electrons. The fraction of sp³-hybridized carbons (Fsp3) is 1.00.